The number of carbonyl (C=O) groups excluding carboxylic acids is 1. The van der Waals surface area contributed by atoms with Gasteiger partial charge in [0.05, 0.1) is 6.61 Å². The summed E-state index contributed by atoms with van der Waals surface area (Å²) in [6.07, 6.45) is 5.38. The Morgan fingerprint density at radius 3 is 2.68 bits per heavy atom. The summed E-state index contributed by atoms with van der Waals surface area (Å²) in [6.45, 7) is 2.88. The summed E-state index contributed by atoms with van der Waals surface area (Å²) in [6, 6.07) is 7.27. The standard InChI is InChI=1S/C20H27NO4/c1-14-5-4-6-15(9-14)12-25-13-19(22)21-11-17(10-18(21)20(23)24)16-7-2-3-8-16/h4-6,9,16-18H,2-3,7-8,10-13H2,1H3,(H,23,24). The van der Waals surface area contributed by atoms with Crippen molar-refractivity contribution in [2.24, 2.45) is 11.8 Å². The molecule has 2 aliphatic rings. The van der Waals surface area contributed by atoms with Crippen molar-refractivity contribution in [2.75, 3.05) is 13.2 Å². The summed E-state index contributed by atoms with van der Waals surface area (Å²) in [5.74, 6) is -0.203. The van der Waals surface area contributed by atoms with Crippen LogP contribution in [0, 0.1) is 18.8 Å². The van der Waals surface area contributed by atoms with Crippen molar-refractivity contribution in [2.45, 2.75) is 51.7 Å². The molecule has 1 saturated carbocycles. The lowest BCUT2D eigenvalue weighted by Crippen LogP contribution is -2.42. The number of aryl methyl sites for hydroxylation is 1. The van der Waals surface area contributed by atoms with Crippen LogP contribution in [0.4, 0.5) is 0 Å². The van der Waals surface area contributed by atoms with Crippen molar-refractivity contribution in [1.29, 1.82) is 0 Å². The fraction of sp³-hybridized carbons (Fsp3) is 0.600. The molecule has 136 valence electrons. The number of hydrogen-bond acceptors (Lipinski definition) is 3. The number of nitrogens with zero attached hydrogens (tertiary/aromatic N) is 1. The molecule has 2 fully saturated rings. The molecule has 5 nitrogen and oxygen atoms in total. The van der Waals surface area contributed by atoms with E-state index >= 15 is 0 Å². The van der Waals surface area contributed by atoms with Gasteiger partial charge in [0.25, 0.3) is 0 Å². The average molecular weight is 345 g/mol. The normalized spacial score (nSPS) is 24.0. The van der Waals surface area contributed by atoms with Crippen LogP contribution in [0.2, 0.25) is 0 Å². The minimum atomic E-state index is -0.896. The maximum absolute atomic E-state index is 12.5. The number of carboxylic acid groups (broad SMARTS) is 1. The molecule has 0 bridgehead atoms. The van der Waals surface area contributed by atoms with Gasteiger partial charge in [0.1, 0.15) is 12.6 Å². The number of hydrogen-bond donors (Lipinski definition) is 1. The molecule has 0 radical (unpaired) electrons. The Labute approximate surface area is 149 Å². The highest BCUT2D eigenvalue weighted by molar-refractivity contribution is 5.85. The van der Waals surface area contributed by atoms with E-state index in [2.05, 4.69) is 0 Å². The molecule has 1 N–H and O–H groups in total. The summed E-state index contributed by atoms with van der Waals surface area (Å²) < 4.78 is 5.55. The summed E-state index contributed by atoms with van der Waals surface area (Å²) in [4.78, 5) is 25.6. The number of benzene rings is 1. The first kappa shape index (κ1) is 17.9. The molecule has 2 unspecified atom stereocenters. The molecule has 1 heterocycles. The molecule has 3 rings (SSSR count). The fourth-order valence-electron chi connectivity index (χ4n) is 4.29. The monoisotopic (exact) mass is 345 g/mol. The van der Waals surface area contributed by atoms with Crippen molar-refractivity contribution in [3.8, 4) is 0 Å². The Bertz CT molecular complexity index is 624. The Morgan fingerprint density at radius 2 is 2.00 bits per heavy atom. The van der Waals surface area contributed by atoms with Crippen LogP contribution >= 0.6 is 0 Å². The van der Waals surface area contributed by atoms with Crippen LogP contribution in [-0.2, 0) is 20.9 Å². The van der Waals surface area contributed by atoms with E-state index in [4.69, 9.17) is 4.74 Å². The van der Waals surface area contributed by atoms with Gasteiger partial charge in [0.15, 0.2) is 0 Å². The highest BCUT2D eigenvalue weighted by atomic mass is 16.5. The van der Waals surface area contributed by atoms with Crippen molar-refractivity contribution in [3.05, 3.63) is 35.4 Å². The minimum Gasteiger partial charge on any atom is -0.480 e. The first-order valence-corrected chi connectivity index (χ1v) is 9.20. The molecule has 1 aliphatic carbocycles. The topological polar surface area (TPSA) is 66.8 Å². The average Bonchev–Trinajstić information content (AvgIpc) is 3.24. The van der Waals surface area contributed by atoms with Gasteiger partial charge in [-0.15, -0.1) is 0 Å². The summed E-state index contributed by atoms with van der Waals surface area (Å²) in [5, 5.41) is 9.49. The second-order valence-corrected chi connectivity index (χ2v) is 7.42. The molecular weight excluding hydrogens is 318 g/mol. The lowest BCUT2D eigenvalue weighted by molar-refractivity contribution is -0.150. The highest BCUT2D eigenvalue weighted by Gasteiger charge is 2.42. The minimum absolute atomic E-state index is 0.0604. The van der Waals surface area contributed by atoms with Crippen molar-refractivity contribution in [1.82, 2.24) is 4.90 Å². The lowest BCUT2D eigenvalue weighted by Gasteiger charge is -2.22. The maximum Gasteiger partial charge on any atom is 0.326 e. The molecule has 1 amide bonds. The van der Waals surface area contributed by atoms with E-state index in [1.54, 1.807) is 0 Å². The molecular formula is C20H27NO4. The van der Waals surface area contributed by atoms with Gasteiger partial charge in [0.2, 0.25) is 5.91 Å². The number of amides is 1. The third kappa shape index (κ3) is 4.40. The summed E-state index contributed by atoms with van der Waals surface area (Å²) >= 11 is 0. The smallest absolute Gasteiger partial charge is 0.326 e. The Kier molecular flexibility index (Phi) is 5.74. The van der Waals surface area contributed by atoms with Crippen molar-refractivity contribution in [3.63, 3.8) is 0 Å². The van der Waals surface area contributed by atoms with Gasteiger partial charge in [-0.25, -0.2) is 4.79 Å². The number of carbonyl (C=O) groups is 2. The predicted octanol–water partition coefficient (Wildman–Crippen LogP) is 3.00. The van der Waals surface area contributed by atoms with Crippen LogP contribution in [0.25, 0.3) is 0 Å². The molecule has 1 aromatic rings. The van der Waals surface area contributed by atoms with Gasteiger partial charge in [-0.1, -0.05) is 55.5 Å². The van der Waals surface area contributed by atoms with Gasteiger partial charge in [-0.3, -0.25) is 4.79 Å². The van der Waals surface area contributed by atoms with Gasteiger partial charge >= 0.3 is 5.97 Å². The lowest BCUT2D eigenvalue weighted by atomic mass is 9.89. The maximum atomic E-state index is 12.5. The number of carboxylic acids is 1. The van der Waals surface area contributed by atoms with E-state index in [9.17, 15) is 14.7 Å². The van der Waals surface area contributed by atoms with Crippen LogP contribution < -0.4 is 0 Å². The molecule has 0 spiro atoms. The molecule has 1 saturated heterocycles. The van der Waals surface area contributed by atoms with E-state index in [0.29, 0.717) is 31.4 Å². The Hall–Kier alpha value is -1.88. The quantitative estimate of drug-likeness (QED) is 0.861. The summed E-state index contributed by atoms with van der Waals surface area (Å²) in [5.41, 5.74) is 2.17. The van der Waals surface area contributed by atoms with E-state index < -0.39 is 12.0 Å². The van der Waals surface area contributed by atoms with Crippen LogP contribution in [0.15, 0.2) is 24.3 Å². The zero-order valence-electron chi connectivity index (χ0n) is 14.8. The zero-order valence-corrected chi connectivity index (χ0v) is 14.8. The largest absolute Gasteiger partial charge is 0.480 e. The predicted molar refractivity (Wildman–Crippen MR) is 94.0 cm³/mol. The van der Waals surface area contributed by atoms with Crippen LogP contribution in [0.5, 0.6) is 0 Å². The summed E-state index contributed by atoms with van der Waals surface area (Å²) in [7, 11) is 0. The Balaban J connectivity index is 1.54. The van der Waals surface area contributed by atoms with Gasteiger partial charge in [-0.05, 0) is 30.7 Å². The van der Waals surface area contributed by atoms with E-state index in [1.807, 2.05) is 31.2 Å². The molecule has 25 heavy (non-hydrogen) atoms. The highest BCUT2D eigenvalue weighted by Crippen LogP contribution is 2.38. The molecule has 5 heteroatoms. The van der Waals surface area contributed by atoms with Crippen LogP contribution in [0.3, 0.4) is 0 Å². The Morgan fingerprint density at radius 1 is 1.24 bits per heavy atom. The third-order valence-corrected chi connectivity index (χ3v) is 5.58. The van der Waals surface area contributed by atoms with Gasteiger partial charge in [0, 0.05) is 6.54 Å². The van der Waals surface area contributed by atoms with Crippen molar-refractivity contribution < 1.29 is 19.4 Å². The van der Waals surface area contributed by atoms with E-state index in [0.717, 1.165) is 11.1 Å². The van der Waals surface area contributed by atoms with Crippen LogP contribution in [-0.4, -0.2) is 41.1 Å². The van der Waals surface area contributed by atoms with E-state index in [-0.39, 0.29) is 12.5 Å². The van der Waals surface area contributed by atoms with Crippen LogP contribution in [0.1, 0.15) is 43.2 Å². The van der Waals surface area contributed by atoms with Gasteiger partial charge < -0.3 is 14.7 Å². The second-order valence-electron chi connectivity index (χ2n) is 7.42. The van der Waals surface area contributed by atoms with Gasteiger partial charge in [-0.2, -0.15) is 0 Å². The first-order chi connectivity index (χ1) is 12.0. The second kappa shape index (κ2) is 8.00. The zero-order chi connectivity index (χ0) is 17.8. The SMILES string of the molecule is Cc1cccc(COCC(=O)N2CC(C3CCCC3)CC2C(=O)O)c1. The number of likely N-dealkylation sites (tertiary alicyclic amines) is 1. The molecule has 1 aliphatic heterocycles. The first-order valence-electron chi connectivity index (χ1n) is 9.20. The fourth-order valence-corrected chi connectivity index (χ4v) is 4.29. The molecule has 2 atom stereocenters. The third-order valence-electron chi connectivity index (χ3n) is 5.58. The van der Waals surface area contributed by atoms with E-state index in [1.165, 1.54) is 30.6 Å². The van der Waals surface area contributed by atoms with Crippen molar-refractivity contribution >= 4 is 11.9 Å². The number of aliphatic carboxylic acids is 1. The number of rotatable bonds is 6. The number of ether oxygens (including phenoxy) is 1. The molecule has 0 aromatic heterocycles. The molecule has 1 aromatic carbocycles.